The van der Waals surface area contributed by atoms with Crippen molar-refractivity contribution in [3.8, 4) is 0 Å². The number of aliphatic carboxylic acids is 1. The molecule has 0 bridgehead atoms. The molecule has 1 aromatic carbocycles. The van der Waals surface area contributed by atoms with Gasteiger partial charge in [0.15, 0.2) is 0 Å². The van der Waals surface area contributed by atoms with E-state index < -0.39 is 12.0 Å². The summed E-state index contributed by atoms with van der Waals surface area (Å²) in [7, 11) is 0. The molecule has 0 spiro atoms. The molecule has 4 N–H and O–H groups in total. The number of benzene rings is 1. The van der Waals surface area contributed by atoms with Crippen LogP contribution in [-0.2, 0) is 17.6 Å². The molecular formula is C25H32N6O2. The minimum absolute atomic E-state index is 0.472. The summed E-state index contributed by atoms with van der Waals surface area (Å²) in [6, 6.07) is 11.2. The Bertz CT molecular complexity index is 1070. The molecule has 3 heterocycles. The molecule has 2 aromatic heterocycles. The fourth-order valence-electron chi connectivity index (χ4n) is 4.15. The molecule has 0 saturated carbocycles. The van der Waals surface area contributed by atoms with E-state index in [-0.39, 0.29) is 0 Å². The van der Waals surface area contributed by atoms with Crippen LogP contribution in [0, 0.1) is 0 Å². The Kier molecular flexibility index (Phi) is 8.03. The second-order valence-corrected chi connectivity index (χ2v) is 8.46. The van der Waals surface area contributed by atoms with Gasteiger partial charge in [0.05, 0.1) is 5.52 Å². The summed E-state index contributed by atoms with van der Waals surface area (Å²) in [6.07, 6.45) is 8.51. The average molecular weight is 449 g/mol. The molecule has 0 radical (unpaired) electrons. The quantitative estimate of drug-likeness (QED) is 0.311. The van der Waals surface area contributed by atoms with E-state index in [4.69, 9.17) is 4.98 Å². The van der Waals surface area contributed by atoms with Crippen molar-refractivity contribution in [2.24, 2.45) is 0 Å². The van der Waals surface area contributed by atoms with Crippen molar-refractivity contribution in [3.63, 3.8) is 0 Å². The number of anilines is 2. The first-order valence-electron chi connectivity index (χ1n) is 11.8. The average Bonchev–Trinajstić information content (AvgIpc) is 2.84. The van der Waals surface area contributed by atoms with Crippen molar-refractivity contribution >= 4 is 28.5 Å². The zero-order chi connectivity index (χ0) is 22.9. The van der Waals surface area contributed by atoms with Crippen molar-refractivity contribution in [2.75, 3.05) is 30.3 Å². The van der Waals surface area contributed by atoms with Gasteiger partial charge in [-0.15, -0.1) is 0 Å². The van der Waals surface area contributed by atoms with Crippen LogP contribution < -0.4 is 16.0 Å². The van der Waals surface area contributed by atoms with Crippen molar-refractivity contribution in [1.82, 2.24) is 20.3 Å². The van der Waals surface area contributed by atoms with E-state index in [9.17, 15) is 9.90 Å². The van der Waals surface area contributed by atoms with Gasteiger partial charge in [-0.3, -0.25) is 0 Å². The van der Waals surface area contributed by atoms with E-state index in [1.54, 1.807) is 0 Å². The summed E-state index contributed by atoms with van der Waals surface area (Å²) in [5.74, 6) is 0.738. The lowest BCUT2D eigenvalue weighted by Crippen LogP contribution is -2.33. The molecule has 1 atom stereocenters. The van der Waals surface area contributed by atoms with Crippen LogP contribution in [0.2, 0.25) is 0 Å². The van der Waals surface area contributed by atoms with Crippen molar-refractivity contribution in [3.05, 3.63) is 54.0 Å². The van der Waals surface area contributed by atoms with Crippen LogP contribution in [0.25, 0.3) is 10.9 Å². The lowest BCUT2D eigenvalue weighted by atomic mass is 10.1. The van der Waals surface area contributed by atoms with Gasteiger partial charge >= 0.3 is 5.97 Å². The lowest BCUT2D eigenvalue weighted by molar-refractivity contribution is -0.138. The summed E-state index contributed by atoms with van der Waals surface area (Å²) < 4.78 is 0. The molecule has 33 heavy (non-hydrogen) atoms. The standard InChI is InChI=1S/C25H32N6O2/c32-25(33)22(31-24-20-9-3-4-10-21(20)28-17-29-24)13-16-26-14-5-1-2-8-19-12-11-18-7-6-15-27-23(18)30-19/h3-4,9-12,17,22,26H,1-2,5-8,13-16H2,(H,27,30)(H,32,33)(H,28,29,31). The third-order valence-electron chi connectivity index (χ3n) is 6.00. The molecule has 1 aliphatic heterocycles. The van der Waals surface area contributed by atoms with E-state index in [2.05, 4.69) is 38.1 Å². The highest BCUT2D eigenvalue weighted by molar-refractivity contribution is 5.90. The molecule has 8 heteroatoms. The van der Waals surface area contributed by atoms with Gasteiger partial charge in [0.1, 0.15) is 24.0 Å². The van der Waals surface area contributed by atoms with Gasteiger partial charge in [-0.1, -0.05) is 24.6 Å². The molecular weight excluding hydrogens is 416 g/mol. The maximum absolute atomic E-state index is 11.7. The Morgan fingerprint density at radius 1 is 1.09 bits per heavy atom. The first-order chi connectivity index (χ1) is 16.2. The monoisotopic (exact) mass is 448 g/mol. The first kappa shape index (κ1) is 22.9. The fraction of sp³-hybridized carbons (Fsp3) is 0.440. The van der Waals surface area contributed by atoms with Crippen LogP contribution in [0.4, 0.5) is 11.6 Å². The number of aryl methyl sites for hydroxylation is 2. The summed E-state index contributed by atoms with van der Waals surface area (Å²) in [5, 5.41) is 20.3. The lowest BCUT2D eigenvalue weighted by Gasteiger charge is -2.17. The highest BCUT2D eigenvalue weighted by Gasteiger charge is 2.18. The number of para-hydroxylation sites is 1. The van der Waals surface area contributed by atoms with Crippen LogP contribution in [-0.4, -0.2) is 51.7 Å². The number of aromatic nitrogens is 3. The molecule has 174 valence electrons. The minimum atomic E-state index is -0.883. The second kappa shape index (κ2) is 11.6. The van der Waals surface area contributed by atoms with E-state index in [1.165, 1.54) is 18.3 Å². The number of carboxylic acid groups (broad SMARTS) is 1. The number of carboxylic acids is 1. The van der Waals surface area contributed by atoms with Gasteiger partial charge in [0.25, 0.3) is 0 Å². The molecule has 0 amide bonds. The number of pyridine rings is 1. The van der Waals surface area contributed by atoms with Gasteiger partial charge in [0, 0.05) is 17.6 Å². The summed E-state index contributed by atoms with van der Waals surface area (Å²) >= 11 is 0. The predicted octanol–water partition coefficient (Wildman–Crippen LogP) is 3.64. The zero-order valence-electron chi connectivity index (χ0n) is 18.9. The van der Waals surface area contributed by atoms with Gasteiger partial charge in [-0.2, -0.15) is 0 Å². The number of unbranched alkanes of at least 4 members (excludes halogenated alkanes) is 2. The molecule has 0 saturated heterocycles. The minimum Gasteiger partial charge on any atom is -0.480 e. The zero-order valence-corrected chi connectivity index (χ0v) is 18.9. The van der Waals surface area contributed by atoms with Crippen LogP contribution in [0.3, 0.4) is 0 Å². The number of nitrogens with one attached hydrogen (secondary N) is 3. The highest BCUT2D eigenvalue weighted by atomic mass is 16.4. The van der Waals surface area contributed by atoms with Crippen molar-refractivity contribution < 1.29 is 9.90 Å². The Hall–Kier alpha value is -3.26. The van der Waals surface area contributed by atoms with E-state index in [0.29, 0.717) is 18.8 Å². The van der Waals surface area contributed by atoms with Crippen LogP contribution in [0.5, 0.6) is 0 Å². The number of rotatable bonds is 12. The van der Waals surface area contributed by atoms with Crippen LogP contribution in [0.15, 0.2) is 42.7 Å². The summed E-state index contributed by atoms with van der Waals surface area (Å²) in [4.78, 5) is 24.9. The third-order valence-corrected chi connectivity index (χ3v) is 6.00. The smallest absolute Gasteiger partial charge is 0.326 e. The van der Waals surface area contributed by atoms with Gasteiger partial charge in [-0.05, 0) is 75.4 Å². The van der Waals surface area contributed by atoms with E-state index >= 15 is 0 Å². The van der Waals surface area contributed by atoms with Crippen molar-refractivity contribution in [1.29, 1.82) is 0 Å². The Labute approximate surface area is 194 Å². The fourth-order valence-corrected chi connectivity index (χ4v) is 4.15. The van der Waals surface area contributed by atoms with Crippen LogP contribution >= 0.6 is 0 Å². The molecule has 1 unspecified atom stereocenters. The summed E-state index contributed by atoms with van der Waals surface area (Å²) in [6.45, 7) is 2.52. The number of hydrogen-bond donors (Lipinski definition) is 4. The maximum Gasteiger partial charge on any atom is 0.326 e. The molecule has 0 aliphatic carbocycles. The summed E-state index contributed by atoms with van der Waals surface area (Å²) in [5.41, 5.74) is 3.28. The maximum atomic E-state index is 11.7. The second-order valence-electron chi connectivity index (χ2n) is 8.46. The van der Waals surface area contributed by atoms with Gasteiger partial charge in [0.2, 0.25) is 0 Å². The number of carbonyl (C=O) groups is 1. The van der Waals surface area contributed by atoms with E-state index in [1.807, 2.05) is 24.3 Å². The third kappa shape index (κ3) is 6.38. The normalized spacial score (nSPS) is 13.8. The molecule has 8 nitrogen and oxygen atoms in total. The largest absolute Gasteiger partial charge is 0.480 e. The number of fused-ring (bicyclic) bond motifs is 2. The number of hydrogen-bond acceptors (Lipinski definition) is 7. The Morgan fingerprint density at radius 2 is 2.00 bits per heavy atom. The predicted molar refractivity (Wildman–Crippen MR) is 131 cm³/mol. The molecule has 3 aromatic rings. The highest BCUT2D eigenvalue weighted by Crippen LogP contribution is 2.21. The molecule has 1 aliphatic rings. The van der Waals surface area contributed by atoms with Gasteiger partial charge in [-0.25, -0.2) is 19.7 Å². The Balaban J connectivity index is 1.14. The molecule has 0 fully saturated rings. The first-order valence-corrected chi connectivity index (χ1v) is 11.8. The number of nitrogens with zero attached hydrogens (tertiary/aromatic N) is 3. The van der Waals surface area contributed by atoms with Crippen molar-refractivity contribution in [2.45, 2.75) is 51.0 Å². The Morgan fingerprint density at radius 3 is 2.91 bits per heavy atom. The van der Waals surface area contributed by atoms with E-state index in [0.717, 1.165) is 67.6 Å². The van der Waals surface area contributed by atoms with Gasteiger partial charge < -0.3 is 21.1 Å². The SMILES string of the molecule is O=C(O)C(CCNCCCCCc1ccc2c(n1)NCCC2)Nc1ncnc2ccccc12. The topological polar surface area (TPSA) is 112 Å². The van der Waals surface area contributed by atoms with Crippen LogP contribution in [0.1, 0.15) is 43.4 Å². The molecule has 4 rings (SSSR count).